The molecule has 0 aliphatic carbocycles. The zero-order valence-electron chi connectivity index (χ0n) is 9.46. The fourth-order valence-electron chi connectivity index (χ4n) is 1.43. The molecule has 0 unspecified atom stereocenters. The van der Waals surface area contributed by atoms with E-state index in [1.165, 1.54) is 0 Å². The fraction of sp³-hybridized carbons (Fsp3) is 0.154. The molecule has 2 aromatic rings. The van der Waals surface area contributed by atoms with Crippen LogP contribution in [0.25, 0.3) is 11.3 Å². The van der Waals surface area contributed by atoms with Crippen molar-refractivity contribution >= 4 is 5.97 Å². The van der Waals surface area contributed by atoms with Gasteiger partial charge in [-0.05, 0) is 31.2 Å². The van der Waals surface area contributed by atoms with Gasteiger partial charge in [-0.3, -0.25) is 4.98 Å². The zero-order valence-corrected chi connectivity index (χ0v) is 9.46. The number of esters is 1. The van der Waals surface area contributed by atoms with E-state index in [2.05, 4.69) is 9.97 Å². The lowest BCUT2D eigenvalue weighted by molar-refractivity contribution is 0.0519. The van der Waals surface area contributed by atoms with Crippen molar-refractivity contribution < 1.29 is 9.53 Å². The summed E-state index contributed by atoms with van der Waals surface area (Å²) in [6.07, 6.45) is 3.40. The molecule has 0 amide bonds. The third-order valence-corrected chi connectivity index (χ3v) is 2.19. The van der Waals surface area contributed by atoms with Crippen LogP contribution in [0.4, 0.5) is 0 Å². The SMILES string of the molecule is CCOC(=O)c1cccc(-c2cccnc2)n1. The number of carbonyl (C=O) groups excluding carboxylic acids is 1. The second kappa shape index (κ2) is 5.21. The van der Waals surface area contributed by atoms with Crippen LogP contribution in [0.1, 0.15) is 17.4 Å². The number of rotatable bonds is 3. The van der Waals surface area contributed by atoms with Crippen LogP contribution in [0, 0.1) is 0 Å². The van der Waals surface area contributed by atoms with E-state index in [0.29, 0.717) is 18.0 Å². The summed E-state index contributed by atoms with van der Waals surface area (Å²) in [5.41, 5.74) is 1.90. The van der Waals surface area contributed by atoms with Gasteiger partial charge in [-0.25, -0.2) is 9.78 Å². The molecule has 0 saturated heterocycles. The van der Waals surface area contributed by atoms with E-state index in [1.807, 2.05) is 18.2 Å². The summed E-state index contributed by atoms with van der Waals surface area (Å²) in [4.78, 5) is 19.8. The monoisotopic (exact) mass is 228 g/mol. The Kier molecular flexibility index (Phi) is 3.45. The van der Waals surface area contributed by atoms with Crippen molar-refractivity contribution in [1.82, 2.24) is 9.97 Å². The summed E-state index contributed by atoms with van der Waals surface area (Å²) in [6, 6.07) is 8.97. The normalized spacial score (nSPS) is 9.94. The maximum atomic E-state index is 11.5. The van der Waals surface area contributed by atoms with Crippen LogP contribution in [0.2, 0.25) is 0 Å². The number of hydrogen-bond donors (Lipinski definition) is 0. The van der Waals surface area contributed by atoms with E-state index in [-0.39, 0.29) is 0 Å². The summed E-state index contributed by atoms with van der Waals surface area (Å²) >= 11 is 0. The summed E-state index contributed by atoms with van der Waals surface area (Å²) < 4.78 is 4.90. The summed E-state index contributed by atoms with van der Waals surface area (Å²) in [5.74, 6) is -0.404. The number of hydrogen-bond acceptors (Lipinski definition) is 4. The molecule has 0 radical (unpaired) electrons. The maximum absolute atomic E-state index is 11.5. The van der Waals surface area contributed by atoms with Crippen molar-refractivity contribution in [3.8, 4) is 11.3 Å². The number of nitrogens with zero attached hydrogens (tertiary/aromatic N) is 2. The minimum absolute atomic E-state index is 0.313. The molecule has 2 rings (SSSR count). The van der Waals surface area contributed by atoms with Crippen molar-refractivity contribution in [3.63, 3.8) is 0 Å². The molecule has 0 aliphatic heterocycles. The second-order valence-electron chi connectivity index (χ2n) is 3.37. The lowest BCUT2D eigenvalue weighted by Gasteiger charge is -2.03. The molecule has 0 aromatic carbocycles. The van der Waals surface area contributed by atoms with Gasteiger partial charge in [0.15, 0.2) is 0 Å². The third-order valence-electron chi connectivity index (χ3n) is 2.19. The number of pyridine rings is 2. The van der Waals surface area contributed by atoms with Crippen LogP contribution in [0.3, 0.4) is 0 Å². The quantitative estimate of drug-likeness (QED) is 0.756. The summed E-state index contributed by atoms with van der Waals surface area (Å²) in [5, 5.41) is 0. The maximum Gasteiger partial charge on any atom is 0.356 e. The lowest BCUT2D eigenvalue weighted by Crippen LogP contribution is -2.07. The van der Waals surface area contributed by atoms with E-state index >= 15 is 0 Å². The number of ether oxygens (including phenoxy) is 1. The molecule has 0 fully saturated rings. The topological polar surface area (TPSA) is 52.1 Å². The van der Waals surface area contributed by atoms with Crippen LogP contribution >= 0.6 is 0 Å². The van der Waals surface area contributed by atoms with Crippen LogP contribution in [0.15, 0.2) is 42.7 Å². The lowest BCUT2D eigenvalue weighted by atomic mass is 10.2. The van der Waals surface area contributed by atoms with Gasteiger partial charge in [0.1, 0.15) is 5.69 Å². The van der Waals surface area contributed by atoms with Crippen LogP contribution < -0.4 is 0 Å². The molecule has 2 heterocycles. The van der Waals surface area contributed by atoms with Crippen LogP contribution in [0.5, 0.6) is 0 Å². The molecule has 0 N–H and O–H groups in total. The number of aromatic nitrogens is 2. The van der Waals surface area contributed by atoms with E-state index in [4.69, 9.17) is 4.74 Å². The number of carbonyl (C=O) groups is 1. The molecule has 0 spiro atoms. The van der Waals surface area contributed by atoms with Crippen molar-refractivity contribution in [3.05, 3.63) is 48.4 Å². The van der Waals surface area contributed by atoms with Crippen molar-refractivity contribution in [2.45, 2.75) is 6.92 Å². The average Bonchev–Trinajstić information content (AvgIpc) is 2.40. The van der Waals surface area contributed by atoms with Gasteiger partial charge < -0.3 is 4.74 Å². The zero-order chi connectivity index (χ0) is 12.1. The molecular formula is C13H12N2O2. The van der Waals surface area contributed by atoms with Gasteiger partial charge in [0.25, 0.3) is 0 Å². The Bertz CT molecular complexity index is 512. The molecule has 17 heavy (non-hydrogen) atoms. The molecule has 4 heteroatoms. The Labute approximate surface area is 99.3 Å². The molecule has 0 bridgehead atoms. The highest BCUT2D eigenvalue weighted by atomic mass is 16.5. The van der Waals surface area contributed by atoms with E-state index in [9.17, 15) is 4.79 Å². The van der Waals surface area contributed by atoms with Gasteiger partial charge >= 0.3 is 5.97 Å². The first-order chi connectivity index (χ1) is 8.31. The highest BCUT2D eigenvalue weighted by Gasteiger charge is 2.09. The molecule has 0 aliphatic rings. The van der Waals surface area contributed by atoms with Gasteiger partial charge in [0.2, 0.25) is 0 Å². The first kappa shape index (κ1) is 11.3. The van der Waals surface area contributed by atoms with Gasteiger partial charge in [-0.2, -0.15) is 0 Å². The van der Waals surface area contributed by atoms with Crippen molar-refractivity contribution in [1.29, 1.82) is 0 Å². The summed E-state index contributed by atoms with van der Waals surface area (Å²) in [7, 11) is 0. The molecular weight excluding hydrogens is 216 g/mol. The van der Waals surface area contributed by atoms with E-state index in [1.54, 1.807) is 31.5 Å². The average molecular weight is 228 g/mol. The Morgan fingerprint density at radius 1 is 1.29 bits per heavy atom. The van der Waals surface area contributed by atoms with Crippen LogP contribution in [-0.4, -0.2) is 22.5 Å². The smallest absolute Gasteiger partial charge is 0.356 e. The van der Waals surface area contributed by atoms with E-state index in [0.717, 1.165) is 5.56 Å². The standard InChI is InChI=1S/C13H12N2O2/c1-2-17-13(16)12-7-3-6-11(15-12)10-5-4-8-14-9-10/h3-9H,2H2,1H3. The van der Waals surface area contributed by atoms with Gasteiger partial charge in [0, 0.05) is 18.0 Å². The third kappa shape index (κ3) is 2.66. The highest BCUT2D eigenvalue weighted by Crippen LogP contribution is 2.15. The predicted molar refractivity (Wildman–Crippen MR) is 63.4 cm³/mol. The van der Waals surface area contributed by atoms with Crippen molar-refractivity contribution in [2.75, 3.05) is 6.61 Å². The second-order valence-corrected chi connectivity index (χ2v) is 3.37. The Balaban J connectivity index is 2.32. The van der Waals surface area contributed by atoms with Gasteiger partial charge in [0.05, 0.1) is 12.3 Å². The largest absolute Gasteiger partial charge is 0.461 e. The first-order valence-electron chi connectivity index (χ1n) is 5.36. The van der Waals surface area contributed by atoms with Crippen molar-refractivity contribution in [2.24, 2.45) is 0 Å². The first-order valence-corrected chi connectivity index (χ1v) is 5.36. The highest BCUT2D eigenvalue weighted by molar-refractivity contribution is 5.87. The molecule has 86 valence electrons. The molecule has 0 saturated carbocycles. The molecule has 2 aromatic heterocycles. The Hall–Kier alpha value is -2.23. The fourth-order valence-corrected chi connectivity index (χ4v) is 1.43. The summed E-state index contributed by atoms with van der Waals surface area (Å²) in [6.45, 7) is 2.11. The Morgan fingerprint density at radius 3 is 2.88 bits per heavy atom. The van der Waals surface area contributed by atoms with Gasteiger partial charge in [-0.15, -0.1) is 0 Å². The minimum Gasteiger partial charge on any atom is -0.461 e. The van der Waals surface area contributed by atoms with Gasteiger partial charge in [-0.1, -0.05) is 6.07 Å². The molecule has 4 nitrogen and oxygen atoms in total. The molecule has 0 atom stereocenters. The minimum atomic E-state index is -0.404. The van der Waals surface area contributed by atoms with E-state index < -0.39 is 5.97 Å². The Morgan fingerprint density at radius 2 is 2.18 bits per heavy atom. The van der Waals surface area contributed by atoms with Crippen LogP contribution in [-0.2, 0) is 4.74 Å². The predicted octanol–water partition coefficient (Wildman–Crippen LogP) is 2.32.